The van der Waals surface area contributed by atoms with Crippen LogP contribution in [0.3, 0.4) is 0 Å². The van der Waals surface area contributed by atoms with Crippen LogP contribution in [0.2, 0.25) is 0 Å². The van der Waals surface area contributed by atoms with Crippen LogP contribution in [-0.2, 0) is 0 Å². The first kappa shape index (κ1) is 11.5. The summed E-state index contributed by atoms with van der Waals surface area (Å²) < 4.78 is 2.72. The van der Waals surface area contributed by atoms with E-state index in [9.17, 15) is 0 Å². The highest BCUT2D eigenvalue weighted by Gasteiger charge is 2.11. The predicted octanol–water partition coefficient (Wildman–Crippen LogP) is 3.95. The minimum atomic E-state index is 0.630. The van der Waals surface area contributed by atoms with Crippen molar-refractivity contribution in [3.8, 4) is 16.3 Å². The number of aromatic nitrogens is 2. The highest BCUT2D eigenvalue weighted by Crippen LogP contribution is 2.28. The molecule has 2 N–H and O–H groups in total. The summed E-state index contributed by atoms with van der Waals surface area (Å²) in [5, 5.41) is 6.59. The first-order valence-corrected chi connectivity index (χ1v) is 7.07. The van der Waals surface area contributed by atoms with Crippen molar-refractivity contribution in [2.45, 2.75) is 0 Å². The van der Waals surface area contributed by atoms with E-state index in [1.54, 1.807) is 16.0 Å². The molecule has 3 rings (SSSR count). The number of para-hydroxylation sites is 1. The van der Waals surface area contributed by atoms with Gasteiger partial charge in [0.1, 0.15) is 11.5 Å². The Morgan fingerprint density at radius 3 is 2.72 bits per heavy atom. The highest BCUT2D eigenvalue weighted by atomic mass is 79.9. The SMILES string of the molecule is Nc1cc(-c2cccs2)nn1-c1ccccc1Br. The molecule has 0 aliphatic carbocycles. The van der Waals surface area contributed by atoms with Crippen LogP contribution in [-0.4, -0.2) is 9.78 Å². The third-order valence-corrected chi connectivity index (χ3v) is 4.15. The molecule has 90 valence electrons. The average molecular weight is 320 g/mol. The van der Waals surface area contributed by atoms with Crippen molar-refractivity contribution >= 4 is 33.1 Å². The molecular weight excluding hydrogens is 310 g/mol. The molecule has 2 aromatic heterocycles. The minimum Gasteiger partial charge on any atom is -0.384 e. The van der Waals surface area contributed by atoms with Crippen molar-refractivity contribution in [1.29, 1.82) is 0 Å². The van der Waals surface area contributed by atoms with Gasteiger partial charge in [-0.1, -0.05) is 18.2 Å². The van der Waals surface area contributed by atoms with E-state index in [-0.39, 0.29) is 0 Å². The van der Waals surface area contributed by atoms with E-state index < -0.39 is 0 Å². The Bertz CT molecular complexity index is 673. The number of rotatable bonds is 2. The topological polar surface area (TPSA) is 43.8 Å². The Kier molecular flexibility index (Phi) is 2.93. The van der Waals surface area contributed by atoms with Crippen LogP contribution in [0.1, 0.15) is 0 Å². The molecule has 0 aliphatic rings. The maximum atomic E-state index is 6.03. The maximum Gasteiger partial charge on any atom is 0.127 e. The van der Waals surface area contributed by atoms with Crippen LogP contribution in [0, 0.1) is 0 Å². The lowest BCUT2D eigenvalue weighted by atomic mass is 10.3. The molecule has 0 saturated heterocycles. The summed E-state index contributed by atoms with van der Waals surface area (Å²) >= 11 is 5.17. The second kappa shape index (κ2) is 4.59. The number of hydrogen-bond donors (Lipinski definition) is 1. The largest absolute Gasteiger partial charge is 0.384 e. The fourth-order valence-electron chi connectivity index (χ4n) is 1.76. The first-order chi connectivity index (χ1) is 8.75. The molecule has 1 aromatic carbocycles. The molecule has 0 atom stereocenters. The number of nitrogens with zero attached hydrogens (tertiary/aromatic N) is 2. The van der Waals surface area contributed by atoms with Crippen LogP contribution in [0.15, 0.2) is 52.3 Å². The van der Waals surface area contributed by atoms with Crippen molar-refractivity contribution in [3.05, 3.63) is 52.3 Å². The second-order valence-electron chi connectivity index (χ2n) is 3.79. The van der Waals surface area contributed by atoms with Gasteiger partial charge in [-0.3, -0.25) is 0 Å². The van der Waals surface area contributed by atoms with E-state index in [1.165, 1.54) is 0 Å². The van der Waals surface area contributed by atoms with Crippen molar-refractivity contribution in [1.82, 2.24) is 9.78 Å². The van der Waals surface area contributed by atoms with Crippen molar-refractivity contribution in [3.63, 3.8) is 0 Å². The van der Waals surface area contributed by atoms with Crippen LogP contribution in [0.25, 0.3) is 16.3 Å². The maximum absolute atomic E-state index is 6.03. The summed E-state index contributed by atoms with van der Waals surface area (Å²) in [5.41, 5.74) is 7.88. The lowest BCUT2D eigenvalue weighted by Gasteiger charge is -2.05. The fraction of sp³-hybridized carbons (Fsp3) is 0. The Morgan fingerprint density at radius 1 is 1.17 bits per heavy atom. The van der Waals surface area contributed by atoms with Gasteiger partial charge < -0.3 is 5.73 Å². The molecule has 0 bridgehead atoms. The lowest BCUT2D eigenvalue weighted by molar-refractivity contribution is 0.891. The van der Waals surface area contributed by atoms with Gasteiger partial charge in [0.15, 0.2) is 0 Å². The van der Waals surface area contributed by atoms with E-state index in [2.05, 4.69) is 21.0 Å². The molecular formula is C13H10BrN3S. The van der Waals surface area contributed by atoms with Crippen LogP contribution < -0.4 is 5.73 Å². The third-order valence-electron chi connectivity index (χ3n) is 2.59. The van der Waals surface area contributed by atoms with Gasteiger partial charge in [0, 0.05) is 10.5 Å². The van der Waals surface area contributed by atoms with Crippen molar-refractivity contribution in [2.24, 2.45) is 0 Å². The van der Waals surface area contributed by atoms with Gasteiger partial charge in [0.2, 0.25) is 0 Å². The second-order valence-corrected chi connectivity index (χ2v) is 5.60. The number of nitrogens with two attached hydrogens (primary N) is 1. The van der Waals surface area contributed by atoms with Gasteiger partial charge in [0.25, 0.3) is 0 Å². The lowest BCUT2D eigenvalue weighted by Crippen LogP contribution is -2.02. The Balaban J connectivity index is 2.12. The zero-order chi connectivity index (χ0) is 12.5. The predicted molar refractivity (Wildman–Crippen MR) is 79.0 cm³/mol. The molecule has 0 amide bonds. The number of hydrogen-bond acceptors (Lipinski definition) is 3. The Morgan fingerprint density at radius 2 is 2.00 bits per heavy atom. The molecule has 2 heterocycles. The van der Waals surface area contributed by atoms with E-state index in [0.717, 1.165) is 20.7 Å². The molecule has 0 fully saturated rings. The third kappa shape index (κ3) is 1.95. The summed E-state index contributed by atoms with van der Waals surface area (Å²) in [4.78, 5) is 1.12. The fourth-order valence-corrected chi connectivity index (χ4v) is 2.89. The molecule has 0 saturated carbocycles. The van der Waals surface area contributed by atoms with Crippen molar-refractivity contribution in [2.75, 3.05) is 5.73 Å². The molecule has 3 aromatic rings. The van der Waals surface area contributed by atoms with Crippen molar-refractivity contribution < 1.29 is 0 Å². The highest BCUT2D eigenvalue weighted by molar-refractivity contribution is 9.10. The van der Waals surface area contributed by atoms with Crippen LogP contribution in [0.5, 0.6) is 0 Å². The number of benzene rings is 1. The first-order valence-electron chi connectivity index (χ1n) is 5.40. The van der Waals surface area contributed by atoms with Crippen LogP contribution >= 0.6 is 27.3 Å². The number of halogens is 1. The quantitative estimate of drug-likeness (QED) is 0.777. The van der Waals surface area contributed by atoms with Gasteiger partial charge in [-0.25, -0.2) is 4.68 Å². The molecule has 0 aliphatic heterocycles. The van der Waals surface area contributed by atoms with Gasteiger partial charge in [-0.15, -0.1) is 11.3 Å². The van der Waals surface area contributed by atoms with E-state index in [4.69, 9.17) is 5.73 Å². The summed E-state index contributed by atoms with van der Waals surface area (Å²) in [6.45, 7) is 0. The normalized spacial score (nSPS) is 10.7. The average Bonchev–Trinajstić information content (AvgIpc) is 2.99. The monoisotopic (exact) mass is 319 g/mol. The van der Waals surface area contributed by atoms with Gasteiger partial charge in [-0.05, 0) is 39.5 Å². The zero-order valence-corrected chi connectivity index (χ0v) is 11.8. The van der Waals surface area contributed by atoms with E-state index in [0.29, 0.717) is 5.82 Å². The number of nitrogen functional groups attached to an aromatic ring is 1. The van der Waals surface area contributed by atoms with E-state index in [1.807, 2.05) is 47.8 Å². The van der Waals surface area contributed by atoms with Crippen LogP contribution in [0.4, 0.5) is 5.82 Å². The standard InChI is InChI=1S/C13H10BrN3S/c14-9-4-1-2-5-11(9)17-13(15)8-10(16-17)12-6-3-7-18-12/h1-8H,15H2. The van der Waals surface area contributed by atoms with Gasteiger partial charge in [0.05, 0.1) is 10.6 Å². The molecule has 0 radical (unpaired) electrons. The Hall–Kier alpha value is -1.59. The molecule has 5 heteroatoms. The number of thiophene rings is 1. The zero-order valence-electron chi connectivity index (χ0n) is 9.38. The summed E-state index contributed by atoms with van der Waals surface area (Å²) in [6, 6.07) is 13.8. The Labute approximate surface area is 117 Å². The molecule has 18 heavy (non-hydrogen) atoms. The smallest absolute Gasteiger partial charge is 0.127 e. The minimum absolute atomic E-state index is 0.630. The van der Waals surface area contributed by atoms with Gasteiger partial charge in [-0.2, -0.15) is 5.10 Å². The molecule has 0 unspecified atom stereocenters. The number of anilines is 1. The summed E-state index contributed by atoms with van der Waals surface area (Å²) in [6.07, 6.45) is 0. The molecule has 0 spiro atoms. The van der Waals surface area contributed by atoms with E-state index >= 15 is 0 Å². The summed E-state index contributed by atoms with van der Waals surface area (Å²) in [5.74, 6) is 0.630. The summed E-state index contributed by atoms with van der Waals surface area (Å²) in [7, 11) is 0. The molecule has 3 nitrogen and oxygen atoms in total. The van der Waals surface area contributed by atoms with Gasteiger partial charge >= 0.3 is 0 Å².